The minimum Gasteiger partial charge on any atom is -0.418 e. The van der Waals surface area contributed by atoms with Crippen LogP contribution in [0.3, 0.4) is 0 Å². The van der Waals surface area contributed by atoms with E-state index in [9.17, 15) is 0 Å². The maximum atomic E-state index is 6.07. The highest BCUT2D eigenvalue weighted by Gasteiger charge is 2.52. The summed E-state index contributed by atoms with van der Waals surface area (Å²) in [4.78, 5) is 0. The fourth-order valence-electron chi connectivity index (χ4n) is 2.65. The molecule has 0 N–H and O–H groups in total. The molecule has 5 heteroatoms. The van der Waals surface area contributed by atoms with Gasteiger partial charge in [0.1, 0.15) is 10.5 Å². The van der Waals surface area contributed by atoms with Gasteiger partial charge in [-0.1, -0.05) is 24.3 Å². The summed E-state index contributed by atoms with van der Waals surface area (Å²) in [5.41, 5.74) is 1.82. The van der Waals surface area contributed by atoms with Gasteiger partial charge in [0, 0.05) is 0 Å². The van der Waals surface area contributed by atoms with Crippen molar-refractivity contribution in [3.63, 3.8) is 0 Å². The van der Waals surface area contributed by atoms with Crippen molar-refractivity contribution in [1.82, 2.24) is 0 Å². The molecular weight excluding hydrogens is 267 g/mol. The lowest BCUT2D eigenvalue weighted by Crippen LogP contribution is -2.41. The van der Waals surface area contributed by atoms with Crippen molar-refractivity contribution in [2.24, 2.45) is 0 Å². The molecule has 0 unspecified atom stereocenters. The van der Waals surface area contributed by atoms with Gasteiger partial charge in [-0.3, -0.25) is 0 Å². The average molecular weight is 290 g/mol. The molecule has 20 heavy (non-hydrogen) atoms. The second kappa shape index (κ2) is 4.44. The molecule has 0 spiro atoms. The Bertz CT molecular complexity index is 492. The third kappa shape index (κ3) is 2.17. The first-order valence-corrected chi connectivity index (χ1v) is 8.13. The molecule has 3 nitrogen and oxygen atoms in total. The highest BCUT2D eigenvalue weighted by Crippen LogP contribution is 2.48. The molecule has 1 aliphatic heterocycles. The van der Waals surface area contributed by atoms with Crippen LogP contribution in [0.4, 0.5) is 0 Å². The average Bonchev–Trinajstić information content (AvgIpc) is 3.14. The molecule has 1 aromatic rings. The van der Waals surface area contributed by atoms with Gasteiger partial charge in [-0.25, -0.2) is 0 Å². The van der Waals surface area contributed by atoms with Gasteiger partial charge in [-0.15, -0.1) is 0 Å². The van der Waals surface area contributed by atoms with Crippen molar-refractivity contribution < 1.29 is 13.7 Å². The normalized spacial score (nSPS) is 25.9. The van der Waals surface area contributed by atoms with Crippen LogP contribution in [-0.4, -0.2) is 28.8 Å². The molecule has 1 saturated heterocycles. The van der Waals surface area contributed by atoms with Crippen LogP contribution in [0.15, 0.2) is 24.3 Å². The Labute approximate surface area is 124 Å². The minimum atomic E-state index is -0.286. The number of hydrogen-bond donors (Lipinski definition) is 0. The third-order valence-corrected chi connectivity index (χ3v) is 5.84. The maximum Gasteiger partial charge on any atom is 0.494 e. The van der Waals surface area contributed by atoms with Gasteiger partial charge in [0.05, 0.1) is 16.8 Å². The standard InChI is InChI=1S/C15H23BO3Si/c1-13(2)14(3,4)18-16(17-13)12-7-5-11(6-8-12)15(19-20)9-10-15/h5-8H,9-10H2,1-4,20H3. The van der Waals surface area contributed by atoms with E-state index in [4.69, 9.17) is 13.7 Å². The molecule has 2 aliphatic rings. The maximum absolute atomic E-state index is 6.07. The summed E-state index contributed by atoms with van der Waals surface area (Å²) in [6, 6.07) is 8.53. The van der Waals surface area contributed by atoms with E-state index < -0.39 is 0 Å². The van der Waals surface area contributed by atoms with Crippen molar-refractivity contribution in [1.29, 1.82) is 0 Å². The molecule has 0 aromatic heterocycles. The first-order valence-electron chi connectivity index (χ1n) is 7.31. The van der Waals surface area contributed by atoms with Crippen LogP contribution in [0.25, 0.3) is 0 Å². The van der Waals surface area contributed by atoms with Gasteiger partial charge in [0.2, 0.25) is 0 Å². The molecule has 108 valence electrons. The summed E-state index contributed by atoms with van der Waals surface area (Å²) in [7, 11) is 0.511. The van der Waals surface area contributed by atoms with Crippen molar-refractivity contribution >= 4 is 23.1 Å². The zero-order chi connectivity index (χ0) is 14.6. The van der Waals surface area contributed by atoms with E-state index in [-0.39, 0.29) is 23.9 Å². The van der Waals surface area contributed by atoms with E-state index in [1.54, 1.807) is 0 Å². The van der Waals surface area contributed by atoms with Crippen LogP contribution in [0.5, 0.6) is 0 Å². The van der Waals surface area contributed by atoms with Crippen LogP contribution < -0.4 is 5.46 Å². The molecule has 1 aromatic carbocycles. The fourth-order valence-corrected chi connectivity index (χ4v) is 3.29. The smallest absolute Gasteiger partial charge is 0.418 e. The topological polar surface area (TPSA) is 27.7 Å². The Balaban J connectivity index is 1.80. The number of hydrogen-bond acceptors (Lipinski definition) is 3. The van der Waals surface area contributed by atoms with Crippen molar-refractivity contribution in [2.45, 2.75) is 57.3 Å². The zero-order valence-corrected chi connectivity index (χ0v) is 15.0. The van der Waals surface area contributed by atoms with E-state index in [1.165, 1.54) is 5.56 Å². The molecule has 3 rings (SSSR count). The van der Waals surface area contributed by atoms with Gasteiger partial charge >= 0.3 is 7.12 Å². The first kappa shape index (κ1) is 14.3. The zero-order valence-electron chi connectivity index (χ0n) is 13.0. The Hall–Kier alpha value is -0.618. The second-order valence-corrected chi connectivity index (χ2v) is 7.32. The van der Waals surface area contributed by atoms with Crippen LogP contribution in [0, 0.1) is 0 Å². The Morgan fingerprint density at radius 3 is 1.90 bits per heavy atom. The van der Waals surface area contributed by atoms with E-state index >= 15 is 0 Å². The summed E-state index contributed by atoms with van der Waals surface area (Å²) in [5.74, 6) is 0. The van der Waals surface area contributed by atoms with E-state index in [2.05, 4.69) is 52.0 Å². The van der Waals surface area contributed by atoms with Gasteiger partial charge in [-0.2, -0.15) is 0 Å². The lowest BCUT2D eigenvalue weighted by Gasteiger charge is -2.32. The fraction of sp³-hybridized carbons (Fsp3) is 0.600. The molecule has 0 radical (unpaired) electrons. The molecule has 1 saturated carbocycles. The third-order valence-electron chi connectivity index (χ3n) is 5.06. The summed E-state index contributed by atoms with van der Waals surface area (Å²) < 4.78 is 17.9. The van der Waals surface area contributed by atoms with Crippen LogP contribution in [0.1, 0.15) is 46.1 Å². The van der Waals surface area contributed by atoms with E-state index in [0.717, 1.165) is 28.8 Å². The van der Waals surface area contributed by atoms with Gasteiger partial charge in [-0.05, 0) is 51.6 Å². The Morgan fingerprint density at radius 1 is 1.00 bits per heavy atom. The van der Waals surface area contributed by atoms with Crippen molar-refractivity contribution in [3.8, 4) is 0 Å². The summed E-state index contributed by atoms with van der Waals surface area (Å²) in [6.07, 6.45) is 2.29. The minimum absolute atomic E-state index is 0.0285. The largest absolute Gasteiger partial charge is 0.494 e. The van der Waals surface area contributed by atoms with E-state index in [0.29, 0.717) is 0 Å². The number of benzene rings is 1. The highest BCUT2D eigenvalue weighted by atomic mass is 28.2. The lowest BCUT2D eigenvalue weighted by atomic mass is 9.78. The summed E-state index contributed by atoms with van der Waals surface area (Å²) in [5, 5.41) is 0. The molecule has 0 bridgehead atoms. The SMILES string of the molecule is CC1(C)OB(c2ccc(C3(O[SiH3])CC3)cc2)OC1(C)C. The predicted octanol–water partition coefficient (Wildman–Crippen LogP) is 1.27. The van der Waals surface area contributed by atoms with Gasteiger partial charge in [0.25, 0.3) is 0 Å². The second-order valence-electron chi connectivity index (χ2n) is 6.91. The molecule has 1 aliphatic carbocycles. The summed E-state index contributed by atoms with van der Waals surface area (Å²) in [6.45, 7) is 8.32. The summed E-state index contributed by atoms with van der Waals surface area (Å²) >= 11 is 0. The quantitative estimate of drug-likeness (QED) is 0.785. The molecule has 2 fully saturated rings. The molecular formula is C15H23BO3Si. The number of rotatable bonds is 3. The van der Waals surface area contributed by atoms with Gasteiger partial charge in [0.15, 0.2) is 0 Å². The molecule has 0 atom stereocenters. The van der Waals surface area contributed by atoms with Crippen LogP contribution in [0.2, 0.25) is 0 Å². The monoisotopic (exact) mass is 290 g/mol. The molecule has 0 amide bonds. The van der Waals surface area contributed by atoms with Crippen LogP contribution in [-0.2, 0) is 19.3 Å². The lowest BCUT2D eigenvalue weighted by molar-refractivity contribution is 0.00578. The van der Waals surface area contributed by atoms with Crippen LogP contribution >= 0.6 is 0 Å². The Morgan fingerprint density at radius 2 is 1.50 bits per heavy atom. The first-order chi connectivity index (χ1) is 9.30. The predicted molar refractivity (Wildman–Crippen MR) is 84.1 cm³/mol. The van der Waals surface area contributed by atoms with Crippen molar-refractivity contribution in [2.75, 3.05) is 0 Å². The van der Waals surface area contributed by atoms with Crippen molar-refractivity contribution in [3.05, 3.63) is 29.8 Å². The molecule has 1 heterocycles. The highest BCUT2D eigenvalue weighted by molar-refractivity contribution is 6.62. The van der Waals surface area contributed by atoms with E-state index in [1.807, 2.05) is 0 Å². The Kier molecular flexibility index (Phi) is 3.18. The van der Waals surface area contributed by atoms with Gasteiger partial charge < -0.3 is 13.7 Å².